The highest BCUT2D eigenvalue weighted by atomic mass is 19.4. The van der Waals surface area contributed by atoms with Gasteiger partial charge in [-0.2, -0.15) is 0 Å². The van der Waals surface area contributed by atoms with Crippen LogP contribution in [0.3, 0.4) is 0 Å². The summed E-state index contributed by atoms with van der Waals surface area (Å²) in [5.74, 6) is -3.52. The van der Waals surface area contributed by atoms with Gasteiger partial charge in [-0.3, -0.25) is 19.8 Å². The molecule has 43 heavy (non-hydrogen) atoms. The van der Waals surface area contributed by atoms with Gasteiger partial charge in [0.2, 0.25) is 5.91 Å². The first-order valence-corrected chi connectivity index (χ1v) is 13.6. The Kier molecular flexibility index (Phi) is 9.85. The number of benzene rings is 2. The van der Waals surface area contributed by atoms with Crippen LogP contribution < -0.4 is 15.5 Å². The van der Waals surface area contributed by atoms with E-state index in [0.717, 1.165) is 12.1 Å². The van der Waals surface area contributed by atoms with Crippen LogP contribution in [-0.4, -0.2) is 73.5 Å². The van der Waals surface area contributed by atoms with Gasteiger partial charge in [0.15, 0.2) is 0 Å². The van der Waals surface area contributed by atoms with Crippen molar-refractivity contribution in [2.75, 3.05) is 0 Å². The summed E-state index contributed by atoms with van der Waals surface area (Å²) in [5, 5.41) is 35.0. The largest absolute Gasteiger partial charge is 0.573 e. The average Bonchev–Trinajstić information content (AvgIpc) is 2.93. The number of aliphatic hydroxyl groups excluding tert-OH is 1. The highest BCUT2D eigenvalue weighted by Crippen LogP contribution is 2.38. The van der Waals surface area contributed by atoms with E-state index in [-0.39, 0.29) is 30.5 Å². The number of fused-ring (bicyclic) bond motifs is 1. The number of alkyl halides is 3. The van der Waals surface area contributed by atoms with Gasteiger partial charge in [-0.1, -0.05) is 24.3 Å². The number of hydrogen-bond acceptors (Lipinski definition) is 9. The minimum Gasteiger partial charge on any atom is -0.406 e. The average molecular weight is 607 g/mol. The number of rotatable bonds is 10. The topological polar surface area (TPSA) is 163 Å². The molecule has 1 aliphatic heterocycles. The molecule has 5 unspecified atom stereocenters. The lowest BCUT2D eigenvalue weighted by Gasteiger charge is -2.44. The zero-order valence-electron chi connectivity index (χ0n) is 23.4. The Labute approximate surface area is 245 Å². The molecule has 3 aromatic rings. The molecule has 1 fully saturated rings. The zero-order valence-corrected chi connectivity index (χ0v) is 23.4. The Hall–Kier alpha value is -3.85. The lowest BCUT2D eigenvalue weighted by Crippen LogP contribution is -2.55. The van der Waals surface area contributed by atoms with Gasteiger partial charge in [-0.25, -0.2) is 10.5 Å². The first-order chi connectivity index (χ1) is 20.3. The summed E-state index contributed by atoms with van der Waals surface area (Å²) in [6.07, 6.45) is -6.63. The van der Waals surface area contributed by atoms with E-state index in [9.17, 15) is 38.2 Å². The second kappa shape index (κ2) is 13.2. The molecule has 232 valence electrons. The van der Waals surface area contributed by atoms with Crippen molar-refractivity contribution in [1.82, 2.24) is 20.8 Å². The maximum Gasteiger partial charge on any atom is 0.573 e. The summed E-state index contributed by atoms with van der Waals surface area (Å²) < 4.78 is 48.2. The monoisotopic (exact) mass is 606 g/mol. The van der Waals surface area contributed by atoms with E-state index in [1.165, 1.54) is 18.3 Å². The van der Waals surface area contributed by atoms with Crippen molar-refractivity contribution >= 4 is 22.8 Å². The number of nitrogens with zero attached hydrogens (tertiary/aromatic N) is 2. The van der Waals surface area contributed by atoms with Gasteiger partial charge in [-0.15, -0.1) is 13.2 Å². The summed E-state index contributed by atoms with van der Waals surface area (Å²) >= 11 is 0. The fourth-order valence-electron chi connectivity index (χ4n) is 5.63. The molecule has 5 atom stereocenters. The smallest absolute Gasteiger partial charge is 0.406 e. The van der Waals surface area contributed by atoms with Crippen LogP contribution in [0, 0.1) is 5.92 Å². The number of hydrogen-bond donors (Lipinski definition) is 5. The lowest BCUT2D eigenvalue weighted by atomic mass is 9.73. The number of aromatic nitrogens is 2. The third-order valence-corrected chi connectivity index (χ3v) is 7.35. The first kappa shape index (κ1) is 32.1. The van der Waals surface area contributed by atoms with Gasteiger partial charge >= 0.3 is 6.36 Å². The van der Waals surface area contributed by atoms with E-state index < -0.39 is 66.2 Å². The zero-order chi connectivity index (χ0) is 31.4. The maximum absolute atomic E-state index is 13.3. The summed E-state index contributed by atoms with van der Waals surface area (Å²) in [6.45, 7) is 3.43. The van der Waals surface area contributed by atoms with E-state index in [1.807, 2.05) is 0 Å². The molecule has 1 saturated heterocycles. The van der Waals surface area contributed by atoms with Crippen molar-refractivity contribution in [3.63, 3.8) is 0 Å². The predicted octanol–water partition coefficient (Wildman–Crippen LogP) is 3.06. The number of amides is 2. The molecule has 1 aliphatic rings. The summed E-state index contributed by atoms with van der Waals surface area (Å²) in [5.41, 5.74) is 1.04. The van der Waals surface area contributed by atoms with Gasteiger partial charge in [-0.05, 0) is 56.5 Å². The third kappa shape index (κ3) is 8.38. The molecule has 0 bridgehead atoms. The second-order valence-electron chi connectivity index (χ2n) is 10.8. The minimum absolute atomic E-state index is 0.0304. The molecular formula is C29H33F3N4O7. The number of para-hydroxylation sites is 2. The van der Waals surface area contributed by atoms with E-state index in [1.54, 1.807) is 43.6 Å². The molecule has 4 rings (SSSR count). The predicted molar refractivity (Wildman–Crippen MR) is 146 cm³/mol. The number of carbonyl (C=O) groups excluding carboxylic acids is 2. The molecule has 11 nitrogen and oxygen atoms in total. The molecule has 0 aliphatic carbocycles. The molecule has 14 heteroatoms. The minimum atomic E-state index is -4.93. The van der Waals surface area contributed by atoms with Crippen molar-refractivity contribution in [3.05, 3.63) is 66.0 Å². The number of ether oxygens (including phenoxy) is 2. The summed E-state index contributed by atoms with van der Waals surface area (Å²) in [7, 11) is 0. The van der Waals surface area contributed by atoms with Crippen LogP contribution in [0.2, 0.25) is 0 Å². The van der Waals surface area contributed by atoms with E-state index >= 15 is 0 Å². The second-order valence-corrected chi connectivity index (χ2v) is 10.8. The molecule has 0 radical (unpaired) electrons. The normalized spacial score (nSPS) is 22.8. The van der Waals surface area contributed by atoms with Gasteiger partial charge in [0, 0.05) is 12.8 Å². The Bertz CT molecular complexity index is 1430. The van der Waals surface area contributed by atoms with Crippen LogP contribution >= 0.6 is 0 Å². The van der Waals surface area contributed by atoms with Crippen LogP contribution in [0.4, 0.5) is 13.2 Å². The Morgan fingerprint density at radius 2 is 1.79 bits per heavy atom. The number of aliphatic hydroxyl groups is 2. The molecule has 2 amide bonds. The van der Waals surface area contributed by atoms with Crippen LogP contribution in [0.25, 0.3) is 11.0 Å². The number of hydroxylamine groups is 1. The Morgan fingerprint density at radius 1 is 1.12 bits per heavy atom. The van der Waals surface area contributed by atoms with Crippen molar-refractivity contribution in [1.29, 1.82) is 0 Å². The fraction of sp³-hybridized carbons (Fsp3) is 0.448. The van der Waals surface area contributed by atoms with Crippen LogP contribution in [-0.2, 0) is 16.0 Å². The van der Waals surface area contributed by atoms with Gasteiger partial charge in [0.1, 0.15) is 11.4 Å². The first-order valence-electron chi connectivity index (χ1n) is 13.6. The lowest BCUT2D eigenvalue weighted by molar-refractivity contribution is -0.274. The van der Waals surface area contributed by atoms with Gasteiger partial charge in [0.05, 0.1) is 53.1 Å². The Morgan fingerprint density at radius 3 is 2.44 bits per heavy atom. The van der Waals surface area contributed by atoms with Crippen LogP contribution in [0.5, 0.6) is 5.75 Å². The molecule has 5 N–H and O–H groups in total. The summed E-state index contributed by atoms with van der Waals surface area (Å²) in [4.78, 5) is 34.6. The quantitative estimate of drug-likeness (QED) is 0.172. The van der Waals surface area contributed by atoms with Gasteiger partial charge in [0.25, 0.3) is 5.91 Å². The SMILES string of the molecule is CC1CC(O)(C(CC(O)C(Cc2cccc(OC(F)(F)F)c2)NC(=O)c2cnc3ccccc3n2)C(=O)NO)CC(C)O1. The van der Waals surface area contributed by atoms with Crippen molar-refractivity contribution in [3.8, 4) is 5.75 Å². The number of nitrogens with one attached hydrogen (secondary N) is 2. The van der Waals surface area contributed by atoms with E-state index in [0.29, 0.717) is 11.0 Å². The molecule has 1 aromatic heterocycles. The van der Waals surface area contributed by atoms with Gasteiger partial charge < -0.3 is 25.0 Å². The highest BCUT2D eigenvalue weighted by Gasteiger charge is 2.48. The highest BCUT2D eigenvalue weighted by molar-refractivity contribution is 5.94. The van der Waals surface area contributed by atoms with E-state index in [2.05, 4.69) is 20.0 Å². The number of carbonyl (C=O) groups is 2. The third-order valence-electron chi connectivity index (χ3n) is 7.35. The Balaban J connectivity index is 1.63. The van der Waals surface area contributed by atoms with Crippen LogP contribution in [0.15, 0.2) is 54.7 Å². The molecule has 2 aromatic carbocycles. The fourth-order valence-corrected chi connectivity index (χ4v) is 5.63. The molecule has 0 saturated carbocycles. The molecule has 0 spiro atoms. The summed E-state index contributed by atoms with van der Waals surface area (Å²) in [6, 6.07) is 10.7. The van der Waals surface area contributed by atoms with Crippen molar-refractivity contribution < 1.29 is 47.7 Å². The maximum atomic E-state index is 13.3. The van der Waals surface area contributed by atoms with Crippen LogP contribution in [0.1, 0.15) is 49.2 Å². The number of halogens is 3. The standard InChI is InChI=1S/C29H33F3N4O7/c1-16-13-28(40,14-17(2)42-16)20(26(38)36-41)12-25(37)23(11-18-6-5-7-19(10-18)43-29(30,31)32)35-27(39)24-15-33-21-8-3-4-9-22(21)34-24/h3-10,15-17,20,23,25,37,40-41H,11-14H2,1-2H3,(H,35,39)(H,36,38). The van der Waals surface area contributed by atoms with Crippen molar-refractivity contribution in [2.45, 2.75) is 75.8 Å². The molecular weight excluding hydrogens is 573 g/mol. The van der Waals surface area contributed by atoms with Crippen molar-refractivity contribution in [2.24, 2.45) is 5.92 Å². The van der Waals surface area contributed by atoms with E-state index in [4.69, 9.17) is 4.74 Å². The molecule has 2 heterocycles.